The van der Waals surface area contributed by atoms with Gasteiger partial charge in [-0.1, -0.05) is 30.3 Å². The Hall–Kier alpha value is -2.31. The van der Waals surface area contributed by atoms with Gasteiger partial charge in [-0.25, -0.2) is 0 Å². The molecule has 0 aliphatic heterocycles. The number of hydrogen-bond acceptors (Lipinski definition) is 4. The van der Waals surface area contributed by atoms with Gasteiger partial charge in [0.25, 0.3) is 0 Å². The number of likely N-dealkylation sites (N-methyl/N-ethyl adjacent to an activating group) is 1. The van der Waals surface area contributed by atoms with Gasteiger partial charge in [0.05, 0.1) is 20.3 Å². The molecule has 1 atom stereocenters. The second-order valence-corrected chi connectivity index (χ2v) is 6.54. The van der Waals surface area contributed by atoms with Gasteiger partial charge < -0.3 is 25.0 Å². The minimum atomic E-state index is 0.145. The van der Waals surface area contributed by atoms with E-state index in [1.807, 2.05) is 56.6 Å². The van der Waals surface area contributed by atoms with Crippen LogP contribution < -0.4 is 20.1 Å². The molecule has 2 aromatic rings. The Bertz CT molecular complexity index is 704. The number of thiocarbonyl (C=S) groups is 1. The summed E-state index contributed by atoms with van der Waals surface area (Å²) in [6.07, 6.45) is 0. The standard InChI is InChI=1S/C20H27N3O2S/c1-23(2)18(17-7-5-6-8-19(17)25-4)14-22-20(26)21-13-15-9-11-16(24-3)12-10-15/h5-12,18H,13-14H2,1-4H3,(H2,21,22,26). The van der Waals surface area contributed by atoms with Gasteiger partial charge in [0.2, 0.25) is 0 Å². The number of rotatable bonds is 8. The van der Waals surface area contributed by atoms with Crippen LogP contribution in [0.3, 0.4) is 0 Å². The number of nitrogens with one attached hydrogen (secondary N) is 2. The van der Waals surface area contributed by atoms with Gasteiger partial charge in [-0.05, 0) is 50.1 Å². The molecule has 5 nitrogen and oxygen atoms in total. The molecule has 0 radical (unpaired) electrons. The first kappa shape index (κ1) is 20.0. The van der Waals surface area contributed by atoms with E-state index >= 15 is 0 Å². The highest BCUT2D eigenvalue weighted by molar-refractivity contribution is 7.80. The first-order chi connectivity index (χ1) is 12.5. The third kappa shape index (κ3) is 5.61. The number of para-hydroxylation sites is 1. The summed E-state index contributed by atoms with van der Waals surface area (Å²) in [5, 5.41) is 7.17. The fourth-order valence-electron chi connectivity index (χ4n) is 2.69. The maximum absolute atomic E-state index is 5.49. The van der Waals surface area contributed by atoms with Crippen LogP contribution in [0.2, 0.25) is 0 Å². The Morgan fingerprint density at radius 3 is 2.31 bits per heavy atom. The Labute approximate surface area is 161 Å². The zero-order chi connectivity index (χ0) is 18.9. The minimum Gasteiger partial charge on any atom is -0.497 e. The van der Waals surface area contributed by atoms with Gasteiger partial charge in [-0.3, -0.25) is 0 Å². The molecule has 0 amide bonds. The van der Waals surface area contributed by atoms with Crippen molar-refractivity contribution in [3.63, 3.8) is 0 Å². The quantitative estimate of drug-likeness (QED) is 0.694. The SMILES string of the molecule is COc1ccc(CNC(=S)NCC(c2ccccc2OC)N(C)C)cc1. The highest BCUT2D eigenvalue weighted by Crippen LogP contribution is 2.27. The van der Waals surface area contributed by atoms with Crippen molar-refractivity contribution >= 4 is 17.3 Å². The lowest BCUT2D eigenvalue weighted by Gasteiger charge is -2.27. The van der Waals surface area contributed by atoms with Crippen LogP contribution in [0.15, 0.2) is 48.5 Å². The van der Waals surface area contributed by atoms with Crippen molar-refractivity contribution in [1.82, 2.24) is 15.5 Å². The molecule has 1 unspecified atom stereocenters. The average molecular weight is 374 g/mol. The molecule has 2 aromatic carbocycles. The maximum Gasteiger partial charge on any atom is 0.166 e. The van der Waals surface area contributed by atoms with Crippen LogP contribution in [0, 0.1) is 0 Å². The highest BCUT2D eigenvalue weighted by atomic mass is 32.1. The molecule has 0 saturated heterocycles. The van der Waals surface area contributed by atoms with Crippen molar-refractivity contribution in [2.75, 3.05) is 34.9 Å². The van der Waals surface area contributed by atoms with Crippen LogP contribution in [-0.4, -0.2) is 44.9 Å². The summed E-state index contributed by atoms with van der Waals surface area (Å²) in [5.41, 5.74) is 2.27. The minimum absolute atomic E-state index is 0.145. The number of methoxy groups -OCH3 is 2. The third-order valence-electron chi connectivity index (χ3n) is 4.19. The summed E-state index contributed by atoms with van der Waals surface area (Å²) in [6, 6.07) is 16.1. The van der Waals surface area contributed by atoms with E-state index in [0.29, 0.717) is 18.2 Å². The molecule has 0 aromatic heterocycles. The first-order valence-electron chi connectivity index (χ1n) is 8.49. The van der Waals surface area contributed by atoms with Crippen LogP contribution >= 0.6 is 12.2 Å². The van der Waals surface area contributed by atoms with E-state index in [9.17, 15) is 0 Å². The van der Waals surface area contributed by atoms with Crippen molar-refractivity contribution < 1.29 is 9.47 Å². The molecule has 6 heteroatoms. The van der Waals surface area contributed by atoms with Crippen LogP contribution in [0.5, 0.6) is 11.5 Å². The zero-order valence-corrected chi connectivity index (χ0v) is 16.6. The van der Waals surface area contributed by atoms with Crippen molar-refractivity contribution in [1.29, 1.82) is 0 Å². The molecule has 2 N–H and O–H groups in total. The van der Waals surface area contributed by atoms with Crippen LogP contribution in [0.25, 0.3) is 0 Å². The molecular formula is C20H27N3O2S. The lowest BCUT2D eigenvalue weighted by Crippen LogP contribution is -2.40. The lowest BCUT2D eigenvalue weighted by molar-refractivity contribution is 0.288. The normalized spacial score (nSPS) is 11.7. The van der Waals surface area contributed by atoms with Crippen molar-refractivity contribution in [3.05, 3.63) is 59.7 Å². The molecule has 0 spiro atoms. The molecular weight excluding hydrogens is 346 g/mol. The summed E-state index contributed by atoms with van der Waals surface area (Å²) >= 11 is 5.42. The van der Waals surface area contributed by atoms with Crippen LogP contribution in [-0.2, 0) is 6.54 Å². The second kappa shape index (κ2) is 9.99. The Morgan fingerprint density at radius 2 is 1.69 bits per heavy atom. The van der Waals surface area contributed by atoms with Gasteiger partial charge in [-0.15, -0.1) is 0 Å². The fraction of sp³-hybridized carbons (Fsp3) is 0.350. The predicted octanol–water partition coefficient (Wildman–Crippen LogP) is 2.97. The number of ether oxygens (including phenoxy) is 2. The molecule has 0 aliphatic carbocycles. The Kier molecular flexibility index (Phi) is 7.69. The van der Waals surface area contributed by atoms with Crippen LogP contribution in [0.1, 0.15) is 17.2 Å². The first-order valence-corrected chi connectivity index (χ1v) is 8.90. The Balaban J connectivity index is 1.90. The Morgan fingerprint density at radius 1 is 1.00 bits per heavy atom. The van der Waals surface area contributed by atoms with E-state index in [-0.39, 0.29) is 6.04 Å². The predicted molar refractivity (Wildman–Crippen MR) is 110 cm³/mol. The van der Waals surface area contributed by atoms with E-state index in [0.717, 1.165) is 22.6 Å². The highest BCUT2D eigenvalue weighted by Gasteiger charge is 2.18. The molecule has 26 heavy (non-hydrogen) atoms. The van der Waals surface area contributed by atoms with Gasteiger partial charge in [0.15, 0.2) is 5.11 Å². The largest absolute Gasteiger partial charge is 0.497 e. The summed E-state index contributed by atoms with van der Waals surface area (Å²) < 4.78 is 10.7. The molecule has 0 fully saturated rings. The molecule has 0 aliphatic rings. The van der Waals surface area contributed by atoms with E-state index in [1.165, 1.54) is 0 Å². The molecule has 140 valence electrons. The number of benzene rings is 2. The van der Waals surface area contributed by atoms with E-state index in [4.69, 9.17) is 21.7 Å². The number of hydrogen-bond donors (Lipinski definition) is 2. The maximum atomic E-state index is 5.49. The van der Waals surface area contributed by atoms with Crippen molar-refractivity contribution in [2.45, 2.75) is 12.6 Å². The number of nitrogens with zero attached hydrogens (tertiary/aromatic N) is 1. The molecule has 0 bridgehead atoms. The summed E-state index contributed by atoms with van der Waals surface area (Å²) in [7, 11) is 7.45. The smallest absolute Gasteiger partial charge is 0.166 e. The van der Waals surface area contributed by atoms with Gasteiger partial charge in [0, 0.05) is 18.7 Å². The van der Waals surface area contributed by atoms with E-state index in [1.54, 1.807) is 14.2 Å². The van der Waals surface area contributed by atoms with Gasteiger partial charge in [0.1, 0.15) is 11.5 Å². The summed E-state index contributed by atoms with van der Waals surface area (Å²) in [6.45, 7) is 1.35. The topological polar surface area (TPSA) is 45.8 Å². The van der Waals surface area contributed by atoms with Crippen LogP contribution in [0.4, 0.5) is 0 Å². The molecule has 0 saturated carbocycles. The third-order valence-corrected chi connectivity index (χ3v) is 4.48. The van der Waals surface area contributed by atoms with Gasteiger partial charge in [-0.2, -0.15) is 0 Å². The van der Waals surface area contributed by atoms with E-state index in [2.05, 4.69) is 21.6 Å². The summed E-state index contributed by atoms with van der Waals surface area (Å²) in [5.74, 6) is 1.73. The fourth-order valence-corrected chi connectivity index (χ4v) is 2.85. The van der Waals surface area contributed by atoms with Crippen molar-refractivity contribution in [3.8, 4) is 11.5 Å². The monoisotopic (exact) mass is 373 g/mol. The van der Waals surface area contributed by atoms with E-state index < -0.39 is 0 Å². The summed E-state index contributed by atoms with van der Waals surface area (Å²) in [4.78, 5) is 2.15. The molecule has 2 rings (SSSR count). The molecule has 0 heterocycles. The average Bonchev–Trinajstić information content (AvgIpc) is 2.67. The van der Waals surface area contributed by atoms with Gasteiger partial charge >= 0.3 is 0 Å². The zero-order valence-electron chi connectivity index (χ0n) is 15.8. The second-order valence-electron chi connectivity index (χ2n) is 6.13. The lowest BCUT2D eigenvalue weighted by atomic mass is 10.0. The van der Waals surface area contributed by atoms with Crippen molar-refractivity contribution in [2.24, 2.45) is 0 Å².